The molecule has 12 nitrogen and oxygen atoms in total. The lowest BCUT2D eigenvalue weighted by Gasteiger charge is -2.52. The molecule has 2 unspecified atom stereocenters. The summed E-state index contributed by atoms with van der Waals surface area (Å²) in [4.78, 5) is 39.0. The minimum absolute atomic E-state index is 0.0352. The first-order chi connectivity index (χ1) is 21.1. The van der Waals surface area contributed by atoms with Crippen LogP contribution in [0.25, 0.3) is 5.65 Å². The summed E-state index contributed by atoms with van der Waals surface area (Å²) in [5.41, 5.74) is 2.22. The zero-order valence-electron chi connectivity index (χ0n) is 24.7. The van der Waals surface area contributed by atoms with E-state index in [0.717, 1.165) is 38.0 Å². The van der Waals surface area contributed by atoms with E-state index < -0.39 is 18.0 Å². The van der Waals surface area contributed by atoms with Crippen molar-refractivity contribution in [3.05, 3.63) is 30.7 Å². The van der Waals surface area contributed by atoms with Crippen molar-refractivity contribution in [1.29, 1.82) is 0 Å². The van der Waals surface area contributed by atoms with Gasteiger partial charge in [-0.15, -0.1) is 5.10 Å². The molecule has 1 N–H and O–H groups in total. The van der Waals surface area contributed by atoms with Crippen LogP contribution < -0.4 is 10.2 Å². The van der Waals surface area contributed by atoms with Gasteiger partial charge in [-0.1, -0.05) is 0 Å². The summed E-state index contributed by atoms with van der Waals surface area (Å²) in [6.45, 7) is 4.51. The van der Waals surface area contributed by atoms with E-state index in [9.17, 15) is 22.8 Å². The summed E-state index contributed by atoms with van der Waals surface area (Å²) in [6, 6.07) is 3.81. The fourth-order valence-electron chi connectivity index (χ4n) is 7.09. The fraction of sp³-hybridized carbons (Fsp3) is 0.621. The van der Waals surface area contributed by atoms with Gasteiger partial charge in [0.25, 0.3) is 0 Å². The minimum atomic E-state index is -4.22. The van der Waals surface area contributed by atoms with E-state index in [4.69, 9.17) is 4.98 Å². The molecule has 1 aliphatic carbocycles. The van der Waals surface area contributed by atoms with Crippen LogP contribution in [0.1, 0.15) is 32.1 Å². The number of hydrogen-bond donors (Lipinski definition) is 1. The lowest BCUT2D eigenvalue weighted by molar-refractivity contribution is -0.207. The highest BCUT2D eigenvalue weighted by atomic mass is 19.4. The molecule has 2 bridgehead atoms. The molecule has 3 aliphatic heterocycles. The maximum Gasteiger partial charge on any atom is 0.391 e. The number of halogens is 3. The maximum atomic E-state index is 13.3. The van der Waals surface area contributed by atoms with Crippen molar-refractivity contribution in [3.63, 3.8) is 0 Å². The molecule has 3 aromatic heterocycles. The number of amides is 2. The molecule has 4 fully saturated rings. The first kappa shape index (κ1) is 28.9. The number of fused-ring (bicyclic) bond motifs is 3. The average molecular weight is 615 g/mol. The Morgan fingerprint density at radius 3 is 2.50 bits per heavy atom. The van der Waals surface area contributed by atoms with Crippen LogP contribution in [0, 0.1) is 11.8 Å². The number of nitrogens with zero attached hydrogens (tertiary/aromatic N) is 9. The standard InChI is InChI=1S/C29H37F3N10O2/c1-37-8-10-38(11-9-37)25(43)18-40-15-21(14-33-40)34-28-35-26-24(6-3-7-41(26)36-28)39-16-22-4-2-5-23(17-39)42(22)27(44)19-12-20(13-19)29(30,31)32/h3,6-7,14-15,19-20,22-23H,2,4-5,8-13,16-18H2,1H3,(H,34,36)/t19-,20-,22?,23?. The van der Waals surface area contributed by atoms with Crippen molar-refractivity contribution in [2.75, 3.05) is 56.5 Å². The van der Waals surface area contributed by atoms with Crippen molar-refractivity contribution in [3.8, 4) is 0 Å². The molecule has 1 saturated carbocycles. The van der Waals surface area contributed by atoms with Gasteiger partial charge in [-0.3, -0.25) is 14.3 Å². The number of piperazine rings is 2. The van der Waals surface area contributed by atoms with Crippen molar-refractivity contribution in [2.45, 2.75) is 56.9 Å². The van der Waals surface area contributed by atoms with Crippen molar-refractivity contribution in [2.24, 2.45) is 11.8 Å². The number of carbonyl (C=O) groups is 2. The number of carbonyl (C=O) groups excluding carboxylic acids is 2. The number of piperidine rings is 1. The molecule has 4 aliphatic rings. The van der Waals surface area contributed by atoms with Gasteiger partial charge >= 0.3 is 6.18 Å². The molecule has 6 heterocycles. The van der Waals surface area contributed by atoms with Gasteiger partial charge in [0.15, 0.2) is 5.65 Å². The van der Waals surface area contributed by atoms with Crippen LogP contribution in [0.4, 0.5) is 30.5 Å². The number of alkyl halides is 3. The second-order valence-corrected chi connectivity index (χ2v) is 12.6. The molecule has 2 atom stereocenters. The van der Waals surface area contributed by atoms with Gasteiger partial charge in [0.1, 0.15) is 6.54 Å². The van der Waals surface area contributed by atoms with Gasteiger partial charge in [0.05, 0.1) is 23.5 Å². The molecule has 7 rings (SSSR count). The van der Waals surface area contributed by atoms with Gasteiger partial charge < -0.3 is 24.9 Å². The number of likely N-dealkylation sites (N-methyl/N-ethyl adjacent to an activating group) is 1. The number of nitrogens with one attached hydrogen (secondary N) is 1. The predicted molar refractivity (Wildman–Crippen MR) is 155 cm³/mol. The SMILES string of the molecule is CN1CCN(C(=O)Cn2cc(Nc3nc4c(N5CC6CCCC(C5)N6C(=O)[C@H]5C[C@H](C(F)(F)F)C5)cccn4n3)cn2)CC1. The zero-order valence-corrected chi connectivity index (χ0v) is 24.7. The van der Waals surface area contributed by atoms with Gasteiger partial charge in [-0.25, -0.2) is 4.52 Å². The van der Waals surface area contributed by atoms with E-state index in [1.54, 1.807) is 21.6 Å². The lowest BCUT2D eigenvalue weighted by Crippen LogP contribution is -2.64. The molecule has 0 spiro atoms. The topological polar surface area (TPSA) is 107 Å². The average Bonchev–Trinajstić information content (AvgIpc) is 3.57. The van der Waals surface area contributed by atoms with Crippen LogP contribution in [0.15, 0.2) is 30.7 Å². The number of hydrogen-bond acceptors (Lipinski definition) is 8. The summed E-state index contributed by atoms with van der Waals surface area (Å²) in [7, 11) is 2.05. The monoisotopic (exact) mass is 614 g/mol. The molecule has 236 valence electrons. The van der Waals surface area contributed by atoms with Crippen LogP contribution in [0.3, 0.4) is 0 Å². The highest BCUT2D eigenvalue weighted by Gasteiger charge is 2.52. The molecular weight excluding hydrogens is 577 g/mol. The number of pyridine rings is 1. The highest BCUT2D eigenvalue weighted by Crippen LogP contribution is 2.46. The van der Waals surface area contributed by atoms with Crippen LogP contribution in [0.2, 0.25) is 0 Å². The molecule has 15 heteroatoms. The maximum absolute atomic E-state index is 13.3. The predicted octanol–water partition coefficient (Wildman–Crippen LogP) is 2.60. The number of aromatic nitrogens is 5. The van der Waals surface area contributed by atoms with Crippen LogP contribution in [-0.2, 0) is 16.1 Å². The Kier molecular flexibility index (Phi) is 7.37. The smallest absolute Gasteiger partial charge is 0.364 e. The summed E-state index contributed by atoms with van der Waals surface area (Å²) < 4.78 is 42.5. The summed E-state index contributed by atoms with van der Waals surface area (Å²) >= 11 is 0. The van der Waals surface area contributed by atoms with E-state index in [2.05, 4.69) is 25.3 Å². The van der Waals surface area contributed by atoms with E-state index in [0.29, 0.717) is 43.5 Å². The highest BCUT2D eigenvalue weighted by molar-refractivity contribution is 5.81. The van der Waals surface area contributed by atoms with Gasteiger partial charge in [0.2, 0.25) is 17.8 Å². The molecule has 0 radical (unpaired) electrons. The van der Waals surface area contributed by atoms with E-state index in [-0.39, 0.29) is 43.3 Å². The van der Waals surface area contributed by atoms with Crippen LogP contribution in [0.5, 0.6) is 0 Å². The van der Waals surface area contributed by atoms with Gasteiger partial charge in [0, 0.05) is 69.7 Å². The Labute approximate surface area is 252 Å². The molecule has 0 aromatic carbocycles. The molecular formula is C29H37F3N10O2. The van der Waals surface area contributed by atoms with E-state index >= 15 is 0 Å². The second-order valence-electron chi connectivity index (χ2n) is 12.6. The van der Waals surface area contributed by atoms with Crippen molar-refractivity contribution in [1.82, 2.24) is 39.1 Å². The third-order valence-electron chi connectivity index (χ3n) is 9.65. The Bertz CT molecular complexity index is 1510. The Hall–Kier alpha value is -3.88. The summed E-state index contributed by atoms with van der Waals surface area (Å²) in [5, 5.41) is 12.1. The van der Waals surface area contributed by atoms with Crippen molar-refractivity contribution < 1.29 is 22.8 Å². The minimum Gasteiger partial charge on any atom is -0.364 e. The Morgan fingerprint density at radius 2 is 1.80 bits per heavy atom. The Balaban J connectivity index is 1.02. The van der Waals surface area contributed by atoms with E-state index in [1.165, 1.54) is 0 Å². The quantitative estimate of drug-likeness (QED) is 0.452. The third-order valence-corrected chi connectivity index (χ3v) is 9.65. The van der Waals surface area contributed by atoms with Crippen LogP contribution >= 0.6 is 0 Å². The normalized spacial score (nSPS) is 26.1. The second kappa shape index (κ2) is 11.2. The third kappa shape index (κ3) is 5.57. The zero-order chi connectivity index (χ0) is 30.6. The van der Waals surface area contributed by atoms with Gasteiger partial charge in [-0.05, 0) is 51.3 Å². The first-order valence-electron chi connectivity index (χ1n) is 15.4. The van der Waals surface area contributed by atoms with Crippen molar-refractivity contribution >= 4 is 34.8 Å². The summed E-state index contributed by atoms with van der Waals surface area (Å²) in [6.07, 6.45) is 3.47. The van der Waals surface area contributed by atoms with Crippen LogP contribution in [-0.4, -0.2) is 115 Å². The number of anilines is 3. The van der Waals surface area contributed by atoms with Gasteiger partial charge in [-0.2, -0.15) is 23.3 Å². The molecule has 3 aromatic rings. The van der Waals surface area contributed by atoms with E-state index in [1.807, 2.05) is 35.2 Å². The first-order valence-corrected chi connectivity index (χ1v) is 15.4. The molecule has 44 heavy (non-hydrogen) atoms. The largest absolute Gasteiger partial charge is 0.391 e. The summed E-state index contributed by atoms with van der Waals surface area (Å²) in [5.74, 6) is -1.57. The lowest BCUT2D eigenvalue weighted by atomic mass is 9.73. The molecule has 3 saturated heterocycles. The fourth-order valence-corrected chi connectivity index (χ4v) is 7.09. The Morgan fingerprint density at radius 1 is 1.07 bits per heavy atom. The molecule has 2 amide bonds. The number of rotatable bonds is 6.